The van der Waals surface area contributed by atoms with Crippen LogP contribution in [0.4, 0.5) is 0 Å². The molecule has 0 aliphatic heterocycles. The summed E-state index contributed by atoms with van der Waals surface area (Å²) in [5.41, 5.74) is 0. The van der Waals surface area contributed by atoms with E-state index in [2.05, 4.69) is 31.2 Å². The minimum atomic E-state index is -0.925. The highest BCUT2D eigenvalue weighted by molar-refractivity contribution is 5.71. The van der Waals surface area contributed by atoms with Gasteiger partial charge in [-0.1, -0.05) is 108 Å². The van der Waals surface area contributed by atoms with Gasteiger partial charge in [-0.15, -0.1) is 0 Å². The van der Waals surface area contributed by atoms with Crippen molar-refractivity contribution in [3.63, 3.8) is 0 Å². The number of allylic oxidation sites excluding steroid dienone is 4. The molecule has 0 heterocycles. The maximum atomic E-state index is 12.1. The summed E-state index contributed by atoms with van der Waals surface area (Å²) >= 11 is 0. The number of carbonyl (C=O) groups is 2. The van der Waals surface area contributed by atoms with Crippen LogP contribution in [-0.4, -0.2) is 55.3 Å². The monoisotopic (exact) mass is 508 g/mol. The Bertz CT molecular complexity index is 592. The molecule has 0 amide bonds. The number of ether oxygens (including phenoxy) is 1. The van der Waals surface area contributed by atoms with Crippen molar-refractivity contribution in [2.24, 2.45) is 0 Å². The van der Waals surface area contributed by atoms with E-state index in [1.165, 1.54) is 77.0 Å². The van der Waals surface area contributed by atoms with Crippen molar-refractivity contribution in [3.8, 4) is 0 Å². The summed E-state index contributed by atoms with van der Waals surface area (Å²) in [6.45, 7) is 2.68. The average molecular weight is 509 g/mol. The zero-order chi connectivity index (χ0) is 26.9. The Morgan fingerprint density at radius 1 is 0.722 bits per heavy atom. The van der Waals surface area contributed by atoms with Crippen molar-refractivity contribution in [2.45, 2.75) is 135 Å². The van der Waals surface area contributed by atoms with Crippen LogP contribution in [0.3, 0.4) is 0 Å². The zero-order valence-corrected chi connectivity index (χ0v) is 24.1. The van der Waals surface area contributed by atoms with E-state index < -0.39 is 12.1 Å². The van der Waals surface area contributed by atoms with E-state index in [4.69, 9.17) is 9.84 Å². The van der Waals surface area contributed by atoms with Crippen LogP contribution in [0.5, 0.6) is 0 Å². The number of hydrogen-bond acceptors (Lipinski definition) is 3. The molecule has 5 nitrogen and oxygen atoms in total. The summed E-state index contributed by atoms with van der Waals surface area (Å²) in [6, 6.07) is 0. The number of esters is 1. The number of carboxylic acid groups (broad SMARTS) is 1. The topological polar surface area (TPSA) is 63.6 Å². The van der Waals surface area contributed by atoms with Gasteiger partial charge in [0.1, 0.15) is 6.54 Å². The molecule has 0 aromatic rings. The SMILES string of the molecule is CC/C=C/C/C=C\CCCCCCCCCCCCCCCCC(=O)OC(CC(=O)O)C[N+](C)(C)C. The van der Waals surface area contributed by atoms with Gasteiger partial charge in [-0.05, 0) is 32.1 Å². The van der Waals surface area contributed by atoms with Gasteiger partial charge in [0.25, 0.3) is 0 Å². The van der Waals surface area contributed by atoms with Crippen LogP contribution in [0.25, 0.3) is 0 Å². The molecule has 0 saturated heterocycles. The van der Waals surface area contributed by atoms with E-state index in [0.717, 1.165) is 32.1 Å². The van der Waals surface area contributed by atoms with Crippen molar-refractivity contribution in [1.29, 1.82) is 0 Å². The first kappa shape index (κ1) is 34.4. The molecule has 36 heavy (non-hydrogen) atoms. The average Bonchev–Trinajstić information content (AvgIpc) is 2.78. The molecule has 210 valence electrons. The fourth-order valence-electron chi connectivity index (χ4n) is 4.40. The van der Waals surface area contributed by atoms with E-state index in [9.17, 15) is 9.59 Å². The third kappa shape index (κ3) is 27.0. The molecule has 0 bridgehead atoms. The second-order valence-electron chi connectivity index (χ2n) is 11.3. The lowest BCUT2D eigenvalue weighted by Gasteiger charge is -2.28. The zero-order valence-electron chi connectivity index (χ0n) is 24.1. The summed E-state index contributed by atoms with van der Waals surface area (Å²) in [5.74, 6) is -1.19. The lowest BCUT2D eigenvalue weighted by Crippen LogP contribution is -2.43. The molecule has 0 radical (unpaired) electrons. The number of hydrogen-bond donors (Lipinski definition) is 1. The van der Waals surface area contributed by atoms with Crippen LogP contribution in [0.2, 0.25) is 0 Å². The summed E-state index contributed by atoms with van der Waals surface area (Å²) in [6.07, 6.45) is 30.1. The van der Waals surface area contributed by atoms with Crippen LogP contribution in [-0.2, 0) is 14.3 Å². The van der Waals surface area contributed by atoms with Crippen LogP contribution < -0.4 is 0 Å². The van der Waals surface area contributed by atoms with Crippen molar-refractivity contribution in [2.75, 3.05) is 27.7 Å². The van der Waals surface area contributed by atoms with Crippen LogP contribution >= 0.6 is 0 Å². The quantitative estimate of drug-likeness (QED) is 0.0584. The van der Waals surface area contributed by atoms with E-state index >= 15 is 0 Å². The molecule has 0 rings (SSSR count). The van der Waals surface area contributed by atoms with Crippen molar-refractivity contribution < 1.29 is 23.9 Å². The number of likely N-dealkylation sites (N-methyl/N-ethyl adjacent to an activating group) is 1. The van der Waals surface area contributed by atoms with Gasteiger partial charge in [0, 0.05) is 6.42 Å². The Balaban J connectivity index is 3.47. The molecule has 1 N–H and O–H groups in total. The molecular weight excluding hydrogens is 450 g/mol. The third-order valence-corrected chi connectivity index (χ3v) is 6.29. The summed E-state index contributed by atoms with van der Waals surface area (Å²) < 4.78 is 6.01. The highest BCUT2D eigenvalue weighted by Gasteiger charge is 2.24. The minimum absolute atomic E-state index is 0.128. The number of carboxylic acids is 1. The van der Waals surface area contributed by atoms with Crippen molar-refractivity contribution in [3.05, 3.63) is 24.3 Å². The lowest BCUT2D eigenvalue weighted by atomic mass is 10.0. The van der Waals surface area contributed by atoms with Crippen molar-refractivity contribution >= 4 is 11.9 Å². The first-order valence-corrected chi connectivity index (χ1v) is 14.8. The maximum absolute atomic E-state index is 12.1. The number of rotatable bonds is 25. The fourth-order valence-corrected chi connectivity index (χ4v) is 4.40. The molecule has 1 unspecified atom stereocenters. The standard InChI is InChI=1S/C31H57NO4/c1-5-6-7-8-9-10-11-12-13-14-15-16-17-18-19-20-21-22-23-24-25-26-31(35)36-29(27-30(33)34)28-32(2,3)4/h6-7,9-10,29H,5,8,11-28H2,1-4H3/p+1/b7-6+,10-9-. The van der Waals surface area contributed by atoms with E-state index in [1.807, 2.05) is 21.1 Å². The first-order valence-electron chi connectivity index (χ1n) is 14.8. The van der Waals surface area contributed by atoms with E-state index in [1.54, 1.807) is 0 Å². The Hall–Kier alpha value is -1.62. The van der Waals surface area contributed by atoms with Gasteiger partial charge >= 0.3 is 11.9 Å². The van der Waals surface area contributed by atoms with Crippen molar-refractivity contribution in [1.82, 2.24) is 0 Å². The summed E-state index contributed by atoms with van der Waals surface area (Å²) in [4.78, 5) is 23.1. The minimum Gasteiger partial charge on any atom is -0.481 e. The fraction of sp³-hybridized carbons (Fsp3) is 0.806. The predicted octanol–water partition coefficient (Wildman–Crippen LogP) is 8.23. The first-order chi connectivity index (χ1) is 17.2. The molecule has 1 atom stereocenters. The largest absolute Gasteiger partial charge is 0.481 e. The van der Waals surface area contributed by atoms with Gasteiger partial charge in [0.05, 0.1) is 27.6 Å². The second-order valence-corrected chi connectivity index (χ2v) is 11.3. The molecule has 0 aromatic heterocycles. The molecule has 0 aliphatic rings. The predicted molar refractivity (Wildman–Crippen MR) is 152 cm³/mol. The number of aliphatic carboxylic acids is 1. The highest BCUT2D eigenvalue weighted by atomic mass is 16.5. The van der Waals surface area contributed by atoms with Crippen LogP contribution in [0.15, 0.2) is 24.3 Å². The Morgan fingerprint density at radius 3 is 1.67 bits per heavy atom. The van der Waals surface area contributed by atoms with E-state index in [-0.39, 0.29) is 12.4 Å². The third-order valence-electron chi connectivity index (χ3n) is 6.29. The van der Waals surface area contributed by atoms with Crippen LogP contribution in [0.1, 0.15) is 129 Å². The van der Waals surface area contributed by atoms with Crippen LogP contribution in [0, 0.1) is 0 Å². The number of unbranched alkanes of at least 4 members (excludes halogenated alkanes) is 14. The Kier molecular flexibility index (Phi) is 22.7. The molecule has 5 heteroatoms. The molecule has 0 spiro atoms. The normalized spacial score (nSPS) is 13.0. The van der Waals surface area contributed by atoms with Gasteiger partial charge in [0.2, 0.25) is 0 Å². The Labute approximate surface area is 223 Å². The number of nitrogens with zero attached hydrogens (tertiary/aromatic N) is 1. The molecule has 0 saturated carbocycles. The van der Waals surface area contributed by atoms with Gasteiger partial charge < -0.3 is 14.3 Å². The maximum Gasteiger partial charge on any atom is 0.307 e. The molecule has 0 aromatic carbocycles. The van der Waals surface area contributed by atoms with Gasteiger partial charge in [-0.3, -0.25) is 9.59 Å². The number of quaternary nitrogens is 1. The smallest absolute Gasteiger partial charge is 0.307 e. The number of carbonyl (C=O) groups excluding carboxylic acids is 1. The second kappa shape index (κ2) is 23.8. The lowest BCUT2D eigenvalue weighted by molar-refractivity contribution is -0.873. The van der Waals surface area contributed by atoms with E-state index in [0.29, 0.717) is 17.4 Å². The summed E-state index contributed by atoms with van der Waals surface area (Å²) in [7, 11) is 5.91. The summed E-state index contributed by atoms with van der Waals surface area (Å²) in [5, 5.41) is 9.05. The van der Waals surface area contributed by atoms with Gasteiger partial charge in [0.15, 0.2) is 6.10 Å². The Morgan fingerprint density at radius 2 is 1.19 bits per heavy atom. The molecule has 0 aliphatic carbocycles. The van der Waals surface area contributed by atoms with Gasteiger partial charge in [-0.25, -0.2) is 0 Å². The van der Waals surface area contributed by atoms with Gasteiger partial charge in [-0.2, -0.15) is 0 Å². The molecular formula is C31H58NO4+. The molecule has 0 fully saturated rings. The highest BCUT2D eigenvalue weighted by Crippen LogP contribution is 2.14.